The molecule has 0 atom stereocenters. The molecule has 0 fully saturated rings. The Hall–Kier alpha value is -2.33. The normalized spacial score (nSPS) is 9.33. The van der Waals surface area contributed by atoms with Crippen molar-refractivity contribution < 1.29 is 4.79 Å². The van der Waals surface area contributed by atoms with Crippen molar-refractivity contribution in [2.24, 2.45) is 0 Å². The van der Waals surface area contributed by atoms with Gasteiger partial charge >= 0.3 is 0 Å². The van der Waals surface area contributed by atoms with Crippen LogP contribution in [0, 0.1) is 22.7 Å². The van der Waals surface area contributed by atoms with E-state index < -0.39 is 0 Å². The molecule has 0 aliphatic carbocycles. The number of hydrogen-bond donors (Lipinski definition) is 1. The minimum atomic E-state index is -0.327. The lowest BCUT2D eigenvalue weighted by Crippen LogP contribution is -2.11. The van der Waals surface area contributed by atoms with E-state index in [9.17, 15) is 4.79 Å². The summed E-state index contributed by atoms with van der Waals surface area (Å²) >= 11 is 0. The average Bonchev–Trinajstić information content (AvgIpc) is 2.37. The average molecular weight is 241 g/mol. The summed E-state index contributed by atoms with van der Waals surface area (Å²) in [6.07, 6.45) is 1.30. The Labute approximate surface area is 107 Å². The van der Waals surface area contributed by atoms with Crippen LogP contribution in [-0.4, -0.2) is 5.91 Å². The summed E-state index contributed by atoms with van der Waals surface area (Å²) in [5.74, 6) is -0.327. The van der Waals surface area contributed by atoms with Gasteiger partial charge in [0.05, 0.1) is 17.7 Å². The van der Waals surface area contributed by atoms with Crippen molar-refractivity contribution in [3.05, 3.63) is 28.8 Å². The standard InChI is InChI=1S/C14H15N3O/c1-3-10-7-12(17-14(18)5-6-15)8-11(4-2)13(10)9-16/h7-8H,3-5H2,1-2H3,(H,17,18). The molecular formula is C14H15N3O. The highest BCUT2D eigenvalue weighted by atomic mass is 16.1. The van der Waals surface area contributed by atoms with Gasteiger partial charge in [0, 0.05) is 5.69 Å². The number of hydrogen-bond acceptors (Lipinski definition) is 3. The number of nitriles is 2. The van der Waals surface area contributed by atoms with Crippen molar-refractivity contribution in [2.75, 3.05) is 5.32 Å². The molecule has 0 aromatic heterocycles. The first-order valence-corrected chi connectivity index (χ1v) is 5.88. The summed E-state index contributed by atoms with van der Waals surface area (Å²) < 4.78 is 0. The Morgan fingerprint density at radius 3 is 2.17 bits per heavy atom. The monoisotopic (exact) mass is 241 g/mol. The number of nitrogens with one attached hydrogen (secondary N) is 1. The van der Waals surface area contributed by atoms with Gasteiger partial charge in [-0.1, -0.05) is 13.8 Å². The van der Waals surface area contributed by atoms with Crippen molar-refractivity contribution in [1.82, 2.24) is 0 Å². The van der Waals surface area contributed by atoms with Crippen LogP contribution in [0.1, 0.15) is 37.0 Å². The highest BCUT2D eigenvalue weighted by Gasteiger charge is 2.10. The van der Waals surface area contributed by atoms with Gasteiger partial charge < -0.3 is 5.32 Å². The number of rotatable bonds is 4. The maximum atomic E-state index is 11.4. The van der Waals surface area contributed by atoms with Gasteiger partial charge in [-0.15, -0.1) is 0 Å². The van der Waals surface area contributed by atoms with Gasteiger partial charge in [0.2, 0.25) is 5.91 Å². The lowest BCUT2D eigenvalue weighted by Gasteiger charge is -2.11. The molecular weight excluding hydrogens is 226 g/mol. The highest BCUT2D eigenvalue weighted by Crippen LogP contribution is 2.22. The number of nitrogens with zero attached hydrogens (tertiary/aromatic N) is 2. The van der Waals surface area contributed by atoms with E-state index >= 15 is 0 Å². The number of amides is 1. The zero-order chi connectivity index (χ0) is 13.5. The first kappa shape index (κ1) is 13.7. The highest BCUT2D eigenvalue weighted by molar-refractivity contribution is 5.92. The summed E-state index contributed by atoms with van der Waals surface area (Å²) in [5.41, 5.74) is 3.19. The van der Waals surface area contributed by atoms with Gasteiger partial charge in [-0.05, 0) is 36.1 Å². The molecule has 0 saturated carbocycles. The van der Waals surface area contributed by atoms with E-state index in [1.165, 1.54) is 0 Å². The van der Waals surface area contributed by atoms with Crippen LogP contribution in [0.25, 0.3) is 0 Å². The van der Waals surface area contributed by atoms with Gasteiger partial charge in [0.25, 0.3) is 0 Å². The SMILES string of the molecule is CCc1cc(NC(=O)CC#N)cc(CC)c1C#N. The molecule has 4 heteroatoms. The molecule has 0 unspecified atom stereocenters. The van der Waals surface area contributed by atoms with Crippen LogP contribution in [0.4, 0.5) is 5.69 Å². The Bertz CT molecular complexity index is 510. The van der Waals surface area contributed by atoms with Gasteiger partial charge in [0.1, 0.15) is 6.42 Å². The second-order valence-electron chi connectivity index (χ2n) is 3.87. The third-order valence-corrected chi connectivity index (χ3v) is 2.70. The summed E-state index contributed by atoms with van der Waals surface area (Å²) in [6.45, 7) is 3.94. The predicted octanol–water partition coefficient (Wildman–Crippen LogP) is 2.54. The van der Waals surface area contributed by atoms with Crippen LogP contribution in [-0.2, 0) is 17.6 Å². The predicted molar refractivity (Wildman–Crippen MR) is 68.8 cm³/mol. The summed E-state index contributed by atoms with van der Waals surface area (Å²) in [7, 11) is 0. The summed E-state index contributed by atoms with van der Waals surface area (Å²) in [4.78, 5) is 11.4. The number of benzene rings is 1. The van der Waals surface area contributed by atoms with E-state index in [4.69, 9.17) is 10.5 Å². The van der Waals surface area contributed by atoms with Crippen LogP contribution in [0.5, 0.6) is 0 Å². The fourth-order valence-electron chi connectivity index (χ4n) is 1.82. The molecule has 0 bridgehead atoms. The fraction of sp³-hybridized carbons (Fsp3) is 0.357. The molecule has 0 aliphatic rings. The lowest BCUT2D eigenvalue weighted by atomic mass is 9.97. The van der Waals surface area contributed by atoms with Gasteiger partial charge in [-0.25, -0.2) is 0 Å². The van der Waals surface area contributed by atoms with Crippen molar-refractivity contribution in [3.8, 4) is 12.1 Å². The Balaban J connectivity index is 3.13. The van der Waals surface area contributed by atoms with E-state index in [2.05, 4.69) is 11.4 Å². The van der Waals surface area contributed by atoms with Gasteiger partial charge in [0.15, 0.2) is 0 Å². The molecule has 92 valence electrons. The van der Waals surface area contributed by atoms with Crippen LogP contribution in [0.2, 0.25) is 0 Å². The van der Waals surface area contributed by atoms with E-state index in [1.807, 2.05) is 13.8 Å². The summed E-state index contributed by atoms with van der Waals surface area (Å²) in [5, 5.41) is 20.3. The van der Waals surface area contributed by atoms with E-state index in [1.54, 1.807) is 18.2 Å². The zero-order valence-corrected chi connectivity index (χ0v) is 10.6. The molecule has 1 amide bonds. The van der Waals surface area contributed by atoms with E-state index in [0.29, 0.717) is 11.3 Å². The van der Waals surface area contributed by atoms with Crippen LogP contribution in [0.15, 0.2) is 12.1 Å². The van der Waals surface area contributed by atoms with Crippen molar-refractivity contribution in [1.29, 1.82) is 10.5 Å². The molecule has 0 heterocycles. The van der Waals surface area contributed by atoms with Gasteiger partial charge in [-0.3, -0.25) is 4.79 Å². The maximum Gasteiger partial charge on any atom is 0.238 e. The Kier molecular flexibility index (Phi) is 4.90. The molecule has 0 radical (unpaired) electrons. The smallest absolute Gasteiger partial charge is 0.238 e. The third-order valence-electron chi connectivity index (χ3n) is 2.70. The second-order valence-corrected chi connectivity index (χ2v) is 3.87. The second kappa shape index (κ2) is 6.42. The zero-order valence-electron chi connectivity index (χ0n) is 10.6. The first-order valence-electron chi connectivity index (χ1n) is 5.88. The maximum absolute atomic E-state index is 11.4. The van der Waals surface area contributed by atoms with Crippen molar-refractivity contribution in [2.45, 2.75) is 33.1 Å². The molecule has 1 rings (SSSR count). The summed E-state index contributed by atoms with van der Waals surface area (Å²) in [6, 6.07) is 7.61. The molecule has 4 nitrogen and oxygen atoms in total. The number of aryl methyl sites for hydroxylation is 2. The lowest BCUT2D eigenvalue weighted by molar-refractivity contribution is -0.115. The number of anilines is 1. The van der Waals surface area contributed by atoms with Crippen molar-refractivity contribution in [3.63, 3.8) is 0 Å². The number of carbonyl (C=O) groups is 1. The molecule has 1 N–H and O–H groups in total. The Morgan fingerprint density at radius 2 is 1.78 bits per heavy atom. The molecule has 0 spiro atoms. The molecule has 18 heavy (non-hydrogen) atoms. The van der Waals surface area contributed by atoms with Crippen LogP contribution in [0.3, 0.4) is 0 Å². The Morgan fingerprint density at radius 1 is 1.22 bits per heavy atom. The molecule has 1 aromatic carbocycles. The van der Waals surface area contributed by atoms with Gasteiger partial charge in [-0.2, -0.15) is 10.5 Å². The first-order chi connectivity index (χ1) is 8.65. The topological polar surface area (TPSA) is 76.7 Å². The van der Waals surface area contributed by atoms with Crippen LogP contribution < -0.4 is 5.32 Å². The molecule has 0 saturated heterocycles. The minimum Gasteiger partial charge on any atom is -0.325 e. The minimum absolute atomic E-state index is 0.164. The fourth-order valence-corrected chi connectivity index (χ4v) is 1.82. The molecule has 1 aromatic rings. The third kappa shape index (κ3) is 3.09. The van der Waals surface area contributed by atoms with Crippen LogP contribution >= 0.6 is 0 Å². The van der Waals surface area contributed by atoms with E-state index in [-0.39, 0.29) is 12.3 Å². The molecule has 0 aliphatic heterocycles. The number of carbonyl (C=O) groups excluding carboxylic acids is 1. The quantitative estimate of drug-likeness (QED) is 0.879. The van der Waals surface area contributed by atoms with Crippen molar-refractivity contribution >= 4 is 11.6 Å². The van der Waals surface area contributed by atoms with E-state index in [0.717, 1.165) is 24.0 Å². The largest absolute Gasteiger partial charge is 0.325 e.